The quantitative estimate of drug-likeness (QED) is 0.302. The maximum Gasteiger partial charge on any atom is 0.347 e. The summed E-state index contributed by atoms with van der Waals surface area (Å²) in [4.78, 5) is 13.8. The number of aromatic nitrogens is 1. The molecule has 0 aliphatic carbocycles. The largest absolute Gasteiger partial charge is 0.478 e. The van der Waals surface area contributed by atoms with Gasteiger partial charge in [-0.25, -0.2) is 4.79 Å². The summed E-state index contributed by atoms with van der Waals surface area (Å²) in [5.74, 6) is 1.37. The monoisotopic (exact) mass is 456 g/mol. The number of fused-ring (bicyclic) bond motifs is 3. The fourth-order valence-electron chi connectivity index (χ4n) is 4.37. The summed E-state index contributed by atoms with van der Waals surface area (Å²) >= 11 is 0. The van der Waals surface area contributed by atoms with Crippen molar-refractivity contribution in [2.45, 2.75) is 38.8 Å². The molecule has 5 rings (SSSR count). The van der Waals surface area contributed by atoms with Crippen LogP contribution in [0.25, 0.3) is 10.9 Å². The van der Waals surface area contributed by atoms with Crippen LogP contribution in [0, 0.1) is 0 Å². The molecule has 1 N–H and O–H groups in total. The smallest absolute Gasteiger partial charge is 0.347 e. The number of carbonyl (C=O) groups is 1. The lowest BCUT2D eigenvalue weighted by Gasteiger charge is -2.32. The second kappa shape index (κ2) is 8.78. The molecular formula is C28H28N2O4. The van der Waals surface area contributed by atoms with E-state index in [1.54, 1.807) is 13.8 Å². The van der Waals surface area contributed by atoms with Crippen LogP contribution in [0.3, 0.4) is 0 Å². The molecule has 0 amide bonds. The number of hydrogen-bond acceptors (Lipinski definition) is 4. The van der Waals surface area contributed by atoms with E-state index >= 15 is 0 Å². The van der Waals surface area contributed by atoms with Crippen LogP contribution in [-0.4, -0.2) is 27.8 Å². The van der Waals surface area contributed by atoms with Crippen molar-refractivity contribution in [1.82, 2.24) is 4.57 Å². The third-order valence-corrected chi connectivity index (χ3v) is 6.22. The van der Waals surface area contributed by atoms with E-state index in [0.717, 1.165) is 59.7 Å². The van der Waals surface area contributed by atoms with Crippen LogP contribution in [0.4, 0.5) is 11.4 Å². The van der Waals surface area contributed by atoms with Crippen LogP contribution in [0.5, 0.6) is 17.2 Å². The standard InChI is InChI=1S/C28H28N2O4/c1-28(2,27(31)32)34-24-15-9-12-21-20(24)16-19-29(21)17-7-8-18-30-22-10-3-5-13-25(22)33-26-14-6-4-11-23(26)30/h3-6,9-16,19H,7-8,17-18H2,1-2H3,(H,31,32). The molecule has 3 aromatic carbocycles. The van der Waals surface area contributed by atoms with E-state index in [1.807, 2.05) is 66.9 Å². The molecule has 1 aromatic heterocycles. The Hall–Kier alpha value is -3.93. The summed E-state index contributed by atoms with van der Waals surface area (Å²) in [6, 6.07) is 24.1. The lowest BCUT2D eigenvalue weighted by atomic mass is 10.1. The Kier molecular flexibility index (Phi) is 5.65. The maximum atomic E-state index is 11.5. The first kappa shape index (κ1) is 21.9. The molecule has 0 radical (unpaired) electrons. The molecule has 1 aliphatic rings. The number of hydrogen-bond donors (Lipinski definition) is 1. The van der Waals surface area contributed by atoms with E-state index in [1.165, 1.54) is 0 Å². The number of carboxylic acid groups (broad SMARTS) is 1. The van der Waals surface area contributed by atoms with E-state index in [-0.39, 0.29) is 0 Å². The molecule has 34 heavy (non-hydrogen) atoms. The molecule has 6 heteroatoms. The van der Waals surface area contributed by atoms with E-state index < -0.39 is 11.6 Å². The van der Waals surface area contributed by atoms with Crippen molar-refractivity contribution in [3.8, 4) is 17.2 Å². The lowest BCUT2D eigenvalue weighted by molar-refractivity contribution is -0.152. The number of benzene rings is 3. The third kappa shape index (κ3) is 4.07. The first-order valence-electron chi connectivity index (χ1n) is 11.6. The van der Waals surface area contributed by atoms with Gasteiger partial charge in [0.25, 0.3) is 0 Å². The van der Waals surface area contributed by atoms with Crippen molar-refractivity contribution in [3.63, 3.8) is 0 Å². The van der Waals surface area contributed by atoms with Gasteiger partial charge < -0.3 is 24.0 Å². The highest BCUT2D eigenvalue weighted by atomic mass is 16.5. The number of unbranched alkanes of at least 4 members (excludes halogenated alkanes) is 1. The highest BCUT2D eigenvalue weighted by Gasteiger charge is 2.30. The van der Waals surface area contributed by atoms with Crippen LogP contribution in [0.2, 0.25) is 0 Å². The van der Waals surface area contributed by atoms with Crippen molar-refractivity contribution in [2.75, 3.05) is 11.4 Å². The van der Waals surface area contributed by atoms with E-state index in [9.17, 15) is 9.90 Å². The van der Waals surface area contributed by atoms with Gasteiger partial charge in [0.2, 0.25) is 0 Å². The number of ether oxygens (including phenoxy) is 2. The second-order valence-corrected chi connectivity index (χ2v) is 9.01. The number of para-hydroxylation sites is 4. The van der Waals surface area contributed by atoms with Crippen LogP contribution < -0.4 is 14.4 Å². The average Bonchev–Trinajstić information content (AvgIpc) is 3.25. The van der Waals surface area contributed by atoms with Crippen LogP contribution in [0.15, 0.2) is 79.0 Å². The van der Waals surface area contributed by atoms with Crippen molar-refractivity contribution >= 4 is 28.2 Å². The Bertz CT molecular complexity index is 1300. The molecule has 0 saturated carbocycles. The minimum Gasteiger partial charge on any atom is -0.478 e. The van der Waals surface area contributed by atoms with E-state index in [0.29, 0.717) is 5.75 Å². The molecule has 0 saturated heterocycles. The van der Waals surface area contributed by atoms with Crippen molar-refractivity contribution in [2.24, 2.45) is 0 Å². The topological polar surface area (TPSA) is 63.9 Å². The lowest BCUT2D eigenvalue weighted by Crippen LogP contribution is -2.37. The molecule has 0 atom stereocenters. The first-order chi connectivity index (χ1) is 16.4. The molecule has 4 aromatic rings. The zero-order valence-electron chi connectivity index (χ0n) is 19.4. The molecule has 0 fully saturated rings. The number of anilines is 2. The predicted molar refractivity (Wildman–Crippen MR) is 133 cm³/mol. The molecule has 0 spiro atoms. The van der Waals surface area contributed by atoms with Gasteiger partial charge >= 0.3 is 5.97 Å². The van der Waals surface area contributed by atoms with E-state index in [2.05, 4.69) is 21.6 Å². The summed E-state index contributed by atoms with van der Waals surface area (Å²) in [5.41, 5.74) is 1.94. The van der Waals surface area contributed by atoms with Gasteiger partial charge in [0.15, 0.2) is 17.1 Å². The zero-order valence-corrected chi connectivity index (χ0v) is 19.4. The highest BCUT2D eigenvalue weighted by Crippen LogP contribution is 2.46. The van der Waals surface area contributed by atoms with Gasteiger partial charge in [-0.15, -0.1) is 0 Å². The molecular weight excluding hydrogens is 428 g/mol. The Morgan fingerprint density at radius 3 is 2.21 bits per heavy atom. The molecule has 0 bridgehead atoms. The molecule has 1 aliphatic heterocycles. The maximum absolute atomic E-state index is 11.5. The fourth-order valence-corrected chi connectivity index (χ4v) is 4.37. The Morgan fingerprint density at radius 1 is 0.882 bits per heavy atom. The minimum atomic E-state index is -1.29. The van der Waals surface area contributed by atoms with Gasteiger partial charge in [-0.2, -0.15) is 0 Å². The summed E-state index contributed by atoms with van der Waals surface area (Å²) < 4.78 is 14.1. The third-order valence-electron chi connectivity index (χ3n) is 6.22. The SMILES string of the molecule is CC(C)(Oc1cccc2c1ccn2CCCCN1c2ccccc2Oc2ccccc21)C(=O)O. The Balaban J connectivity index is 1.28. The molecule has 6 nitrogen and oxygen atoms in total. The summed E-state index contributed by atoms with van der Waals surface area (Å²) in [7, 11) is 0. The number of carboxylic acids is 1. The minimum absolute atomic E-state index is 0.588. The molecule has 2 heterocycles. The first-order valence-corrected chi connectivity index (χ1v) is 11.6. The Labute approximate surface area is 199 Å². The van der Waals surface area contributed by atoms with Gasteiger partial charge in [-0.1, -0.05) is 30.3 Å². The second-order valence-electron chi connectivity index (χ2n) is 9.01. The fraction of sp³-hybridized carbons (Fsp3) is 0.250. The van der Waals surface area contributed by atoms with Gasteiger partial charge in [0.1, 0.15) is 5.75 Å². The molecule has 0 unspecified atom stereocenters. The van der Waals surface area contributed by atoms with Crippen LogP contribution in [0.1, 0.15) is 26.7 Å². The Morgan fingerprint density at radius 2 is 1.53 bits per heavy atom. The number of aliphatic carboxylic acids is 1. The summed E-state index contributed by atoms with van der Waals surface area (Å²) in [5, 5.41) is 10.3. The van der Waals surface area contributed by atoms with Crippen molar-refractivity contribution < 1.29 is 19.4 Å². The summed E-state index contributed by atoms with van der Waals surface area (Å²) in [6.07, 6.45) is 4.05. The van der Waals surface area contributed by atoms with Gasteiger partial charge in [-0.05, 0) is 69.2 Å². The van der Waals surface area contributed by atoms with E-state index in [4.69, 9.17) is 9.47 Å². The van der Waals surface area contributed by atoms with Gasteiger partial charge in [0.05, 0.1) is 16.9 Å². The van der Waals surface area contributed by atoms with Gasteiger partial charge in [-0.3, -0.25) is 0 Å². The molecule has 174 valence electrons. The summed E-state index contributed by atoms with van der Waals surface area (Å²) in [6.45, 7) is 4.88. The van der Waals surface area contributed by atoms with Gasteiger partial charge in [0, 0.05) is 24.7 Å². The average molecular weight is 457 g/mol. The number of nitrogens with zero attached hydrogens (tertiary/aromatic N) is 2. The normalized spacial score (nSPS) is 12.7. The van der Waals surface area contributed by atoms with Crippen molar-refractivity contribution in [3.05, 3.63) is 79.0 Å². The highest BCUT2D eigenvalue weighted by molar-refractivity contribution is 5.87. The van der Waals surface area contributed by atoms with Crippen LogP contribution in [-0.2, 0) is 11.3 Å². The van der Waals surface area contributed by atoms with Crippen molar-refractivity contribution in [1.29, 1.82) is 0 Å². The van der Waals surface area contributed by atoms with Crippen LogP contribution >= 0.6 is 0 Å². The predicted octanol–water partition coefficient (Wildman–Crippen LogP) is 6.61. The number of rotatable bonds is 8. The zero-order chi connectivity index (χ0) is 23.7. The number of aryl methyl sites for hydroxylation is 1.